The van der Waals surface area contributed by atoms with Gasteiger partial charge in [0.15, 0.2) is 0 Å². The van der Waals surface area contributed by atoms with Crippen molar-refractivity contribution in [3.63, 3.8) is 0 Å². The van der Waals surface area contributed by atoms with Crippen LogP contribution in [0.2, 0.25) is 0 Å². The fraction of sp³-hybridized carbons (Fsp3) is 0.174. The van der Waals surface area contributed by atoms with E-state index >= 15 is 0 Å². The molecular weight excluding hydrogens is 544 g/mol. The van der Waals surface area contributed by atoms with Crippen LogP contribution in [0, 0.1) is 0 Å². The number of hydrogen-bond donors (Lipinski definition) is 2. The van der Waals surface area contributed by atoms with Crippen LogP contribution in [0.5, 0.6) is 0 Å². The highest BCUT2D eigenvalue weighted by atomic mass is 79.9. The average Bonchev–Trinajstić information content (AvgIpc) is 2.74. The van der Waals surface area contributed by atoms with Crippen molar-refractivity contribution in [1.82, 2.24) is 10.0 Å². The molecule has 3 aromatic carbocycles. The molecule has 1 amide bonds. The minimum Gasteiger partial charge on any atom is -0.348 e. The zero-order chi connectivity index (χ0) is 22.4. The predicted molar refractivity (Wildman–Crippen MR) is 129 cm³/mol. The maximum Gasteiger partial charge on any atom is 0.241 e. The van der Waals surface area contributed by atoms with Crippen molar-refractivity contribution in [2.24, 2.45) is 0 Å². The molecule has 2 atom stereocenters. The summed E-state index contributed by atoms with van der Waals surface area (Å²) in [6.45, 7) is 1.86. The zero-order valence-corrected chi connectivity index (χ0v) is 20.7. The second kappa shape index (κ2) is 10.5. The van der Waals surface area contributed by atoms with Crippen LogP contribution in [-0.2, 0) is 21.2 Å². The van der Waals surface area contributed by atoms with Crippen molar-refractivity contribution >= 4 is 47.8 Å². The molecule has 0 fully saturated rings. The number of carbonyl (C=O) groups is 1. The molecule has 5 nitrogen and oxygen atoms in total. The minimum absolute atomic E-state index is 0.0987. The fourth-order valence-corrected chi connectivity index (χ4v) is 4.96. The van der Waals surface area contributed by atoms with Crippen LogP contribution >= 0.6 is 31.9 Å². The molecule has 31 heavy (non-hydrogen) atoms. The Bertz CT molecular complexity index is 1140. The number of benzene rings is 3. The Morgan fingerprint density at radius 2 is 1.58 bits per heavy atom. The first kappa shape index (κ1) is 23.7. The molecule has 162 valence electrons. The summed E-state index contributed by atoms with van der Waals surface area (Å²) in [7, 11) is -3.89. The first-order valence-electron chi connectivity index (χ1n) is 9.62. The molecule has 0 aliphatic carbocycles. The van der Waals surface area contributed by atoms with Gasteiger partial charge in [-0.2, -0.15) is 4.72 Å². The van der Waals surface area contributed by atoms with Crippen LogP contribution in [-0.4, -0.2) is 20.4 Å². The van der Waals surface area contributed by atoms with E-state index in [1.54, 1.807) is 12.1 Å². The molecule has 0 bridgehead atoms. The number of rotatable bonds is 8. The second-order valence-electron chi connectivity index (χ2n) is 7.10. The zero-order valence-electron chi connectivity index (χ0n) is 16.8. The SMILES string of the molecule is C[C@H](NC(=O)[C@H](Cc1ccccc1)NS(=O)(=O)c1ccc(Br)cc1)c1cccc(Br)c1. The number of amides is 1. The lowest BCUT2D eigenvalue weighted by molar-refractivity contribution is -0.123. The summed E-state index contributed by atoms with van der Waals surface area (Å²) in [5, 5.41) is 2.93. The predicted octanol–water partition coefficient (Wildman–Crippen LogP) is 4.98. The number of sulfonamides is 1. The van der Waals surface area contributed by atoms with E-state index in [4.69, 9.17) is 0 Å². The van der Waals surface area contributed by atoms with Crippen molar-refractivity contribution in [1.29, 1.82) is 0 Å². The van der Waals surface area contributed by atoms with Gasteiger partial charge >= 0.3 is 0 Å². The minimum atomic E-state index is -3.89. The monoisotopic (exact) mass is 564 g/mol. The Labute approximate surface area is 199 Å². The smallest absolute Gasteiger partial charge is 0.241 e. The van der Waals surface area contributed by atoms with Crippen LogP contribution in [0.25, 0.3) is 0 Å². The normalized spacial score (nSPS) is 13.4. The molecule has 8 heteroatoms. The topological polar surface area (TPSA) is 75.3 Å². The molecule has 0 saturated carbocycles. The summed E-state index contributed by atoms with van der Waals surface area (Å²) in [5.74, 6) is -0.392. The van der Waals surface area contributed by atoms with Gasteiger partial charge in [0.2, 0.25) is 15.9 Å². The van der Waals surface area contributed by atoms with E-state index in [9.17, 15) is 13.2 Å². The second-order valence-corrected chi connectivity index (χ2v) is 10.6. The van der Waals surface area contributed by atoms with Gasteiger partial charge < -0.3 is 5.32 Å². The number of nitrogens with one attached hydrogen (secondary N) is 2. The van der Waals surface area contributed by atoms with Crippen LogP contribution in [0.4, 0.5) is 0 Å². The van der Waals surface area contributed by atoms with Crippen LogP contribution < -0.4 is 10.0 Å². The summed E-state index contributed by atoms with van der Waals surface area (Å²) >= 11 is 6.73. The molecular formula is C23H22Br2N2O3S. The largest absolute Gasteiger partial charge is 0.348 e. The Morgan fingerprint density at radius 1 is 0.903 bits per heavy atom. The highest BCUT2D eigenvalue weighted by Crippen LogP contribution is 2.19. The third-order valence-corrected chi connectivity index (χ3v) is 7.24. The first-order valence-corrected chi connectivity index (χ1v) is 12.7. The van der Waals surface area contributed by atoms with E-state index in [1.807, 2.05) is 61.5 Å². The molecule has 0 radical (unpaired) electrons. The lowest BCUT2D eigenvalue weighted by Crippen LogP contribution is -2.48. The van der Waals surface area contributed by atoms with Gasteiger partial charge in [-0.3, -0.25) is 4.79 Å². The highest BCUT2D eigenvalue weighted by molar-refractivity contribution is 9.10. The van der Waals surface area contributed by atoms with Gasteiger partial charge in [-0.15, -0.1) is 0 Å². The molecule has 0 aliphatic rings. The summed E-state index contributed by atoms with van der Waals surface area (Å²) in [6.07, 6.45) is 0.230. The van der Waals surface area contributed by atoms with Crippen molar-refractivity contribution < 1.29 is 13.2 Å². The lowest BCUT2D eigenvalue weighted by Gasteiger charge is -2.22. The number of halogens is 2. The van der Waals surface area contributed by atoms with E-state index in [1.165, 1.54) is 12.1 Å². The Morgan fingerprint density at radius 3 is 2.23 bits per heavy atom. The lowest BCUT2D eigenvalue weighted by atomic mass is 10.0. The summed E-state index contributed by atoms with van der Waals surface area (Å²) in [4.78, 5) is 13.2. The molecule has 0 unspecified atom stereocenters. The molecule has 2 N–H and O–H groups in total. The fourth-order valence-electron chi connectivity index (χ4n) is 3.08. The third kappa shape index (κ3) is 6.74. The maximum absolute atomic E-state index is 13.1. The van der Waals surface area contributed by atoms with Gasteiger partial charge in [0.25, 0.3) is 0 Å². The van der Waals surface area contributed by atoms with Crippen LogP contribution in [0.15, 0.2) is 92.7 Å². The third-order valence-electron chi connectivity index (χ3n) is 4.73. The first-order chi connectivity index (χ1) is 14.7. The molecule has 0 saturated heterocycles. The van der Waals surface area contributed by atoms with E-state index in [2.05, 4.69) is 41.9 Å². The van der Waals surface area contributed by atoms with Crippen molar-refractivity contribution in [3.8, 4) is 0 Å². The van der Waals surface area contributed by atoms with Gasteiger partial charge in [0, 0.05) is 8.95 Å². The van der Waals surface area contributed by atoms with Gasteiger partial charge in [-0.05, 0) is 60.9 Å². The summed E-state index contributed by atoms with van der Waals surface area (Å²) < 4.78 is 30.1. The molecule has 3 aromatic rings. The van der Waals surface area contributed by atoms with Crippen LogP contribution in [0.1, 0.15) is 24.1 Å². The van der Waals surface area contributed by atoms with E-state index in [-0.39, 0.29) is 17.4 Å². The summed E-state index contributed by atoms with van der Waals surface area (Å²) in [5.41, 5.74) is 1.77. The van der Waals surface area contributed by atoms with Gasteiger partial charge in [0.1, 0.15) is 6.04 Å². The quantitative estimate of drug-likeness (QED) is 0.404. The van der Waals surface area contributed by atoms with Gasteiger partial charge in [0.05, 0.1) is 10.9 Å². The Balaban J connectivity index is 1.83. The number of hydrogen-bond acceptors (Lipinski definition) is 3. The Hall–Kier alpha value is -2.00. The van der Waals surface area contributed by atoms with Gasteiger partial charge in [-0.25, -0.2) is 8.42 Å². The summed E-state index contributed by atoms with van der Waals surface area (Å²) in [6, 6.07) is 22.0. The standard InChI is InChI=1S/C23H22Br2N2O3S/c1-16(18-8-5-9-20(25)15-18)26-23(28)22(14-17-6-3-2-4-7-17)27-31(29,30)21-12-10-19(24)11-13-21/h2-13,15-16,22,27H,14H2,1H3,(H,26,28)/t16-,22-/m0/s1. The number of carbonyl (C=O) groups excluding carboxylic acids is 1. The maximum atomic E-state index is 13.1. The molecule has 3 rings (SSSR count). The van der Waals surface area contributed by atoms with E-state index < -0.39 is 22.0 Å². The molecule has 0 aromatic heterocycles. The molecule has 0 aliphatic heterocycles. The van der Waals surface area contributed by atoms with Crippen molar-refractivity contribution in [3.05, 3.63) is 98.9 Å². The molecule has 0 spiro atoms. The van der Waals surface area contributed by atoms with Crippen molar-refractivity contribution in [2.45, 2.75) is 30.3 Å². The molecule has 0 heterocycles. The van der Waals surface area contributed by atoms with Crippen molar-refractivity contribution in [2.75, 3.05) is 0 Å². The van der Waals surface area contributed by atoms with E-state index in [0.29, 0.717) is 0 Å². The van der Waals surface area contributed by atoms with Crippen LogP contribution in [0.3, 0.4) is 0 Å². The average molecular weight is 566 g/mol. The Kier molecular flexibility index (Phi) is 8.05. The van der Waals surface area contributed by atoms with Gasteiger partial charge in [-0.1, -0.05) is 74.3 Å². The van der Waals surface area contributed by atoms with E-state index in [0.717, 1.165) is 20.1 Å². The highest BCUT2D eigenvalue weighted by Gasteiger charge is 2.27.